The van der Waals surface area contributed by atoms with Crippen LogP contribution in [0.5, 0.6) is 5.75 Å². The van der Waals surface area contributed by atoms with Crippen molar-refractivity contribution in [2.45, 2.75) is 23.3 Å². The van der Waals surface area contributed by atoms with Gasteiger partial charge in [-0.1, -0.05) is 40.9 Å². The molecule has 1 amide bonds. The van der Waals surface area contributed by atoms with Crippen molar-refractivity contribution in [1.29, 1.82) is 0 Å². The summed E-state index contributed by atoms with van der Waals surface area (Å²) in [7, 11) is -2.86. The summed E-state index contributed by atoms with van der Waals surface area (Å²) in [4.78, 5) is 30.1. The number of nitrogens with one attached hydrogen (secondary N) is 1. The van der Waals surface area contributed by atoms with Gasteiger partial charge in [0.2, 0.25) is 0 Å². The second kappa shape index (κ2) is 8.95. The van der Waals surface area contributed by atoms with Crippen molar-refractivity contribution >= 4 is 27.6 Å². The van der Waals surface area contributed by atoms with Crippen LogP contribution in [-0.4, -0.2) is 32.9 Å². The first-order valence-corrected chi connectivity index (χ1v) is 11.6. The highest BCUT2D eigenvalue weighted by Gasteiger charge is 2.52. The van der Waals surface area contributed by atoms with Crippen molar-refractivity contribution in [2.75, 3.05) is 11.6 Å². The van der Waals surface area contributed by atoms with Gasteiger partial charge in [0.25, 0.3) is 15.9 Å². The third-order valence-electron chi connectivity index (χ3n) is 5.21. The highest BCUT2D eigenvalue weighted by atomic mass is 32.2. The Labute approximate surface area is 191 Å². The number of para-hydroxylation sites is 2. The molecule has 3 aromatic carbocycles. The van der Waals surface area contributed by atoms with Gasteiger partial charge in [0.1, 0.15) is 5.54 Å². The van der Waals surface area contributed by atoms with Crippen LogP contribution < -0.4 is 14.6 Å². The molecule has 1 aliphatic rings. The van der Waals surface area contributed by atoms with Crippen LogP contribution in [-0.2, 0) is 19.6 Å². The van der Waals surface area contributed by atoms with Gasteiger partial charge < -0.3 is 14.9 Å². The molecule has 170 valence electrons. The second-order valence-electron chi connectivity index (χ2n) is 7.52. The molecule has 0 saturated heterocycles. The summed E-state index contributed by atoms with van der Waals surface area (Å²) in [6, 6.07) is 22.4. The molecular weight excluding hydrogens is 444 g/mol. The van der Waals surface area contributed by atoms with Crippen LogP contribution in [0.2, 0.25) is 0 Å². The maximum absolute atomic E-state index is 13.4. The van der Waals surface area contributed by atoms with Gasteiger partial charge in [-0.2, -0.15) is 8.42 Å². The Morgan fingerprint density at radius 2 is 1.45 bits per heavy atom. The van der Waals surface area contributed by atoms with E-state index in [2.05, 4.69) is 5.32 Å². The van der Waals surface area contributed by atoms with Gasteiger partial charge in [-0.3, -0.25) is 4.79 Å². The molecule has 0 aromatic heterocycles. The van der Waals surface area contributed by atoms with Crippen LogP contribution in [0, 0.1) is 0 Å². The summed E-state index contributed by atoms with van der Waals surface area (Å²) >= 11 is 0. The van der Waals surface area contributed by atoms with E-state index in [0.29, 0.717) is 24.3 Å². The lowest BCUT2D eigenvalue weighted by Gasteiger charge is -2.24. The van der Waals surface area contributed by atoms with Gasteiger partial charge in [0, 0.05) is 5.56 Å². The number of ether oxygens (including phenoxy) is 1. The highest BCUT2D eigenvalue weighted by molar-refractivity contribution is 7.92. The zero-order valence-electron chi connectivity index (χ0n) is 17.8. The summed E-state index contributed by atoms with van der Waals surface area (Å²) in [5.41, 5.74) is -0.458. The Bertz CT molecular complexity index is 1240. The number of carbonyl (C=O) groups excluding carboxylic acids is 2. The molecule has 9 heteroatoms. The van der Waals surface area contributed by atoms with Crippen LogP contribution >= 0.6 is 0 Å². The first kappa shape index (κ1) is 22.3. The van der Waals surface area contributed by atoms with Gasteiger partial charge >= 0.3 is 5.97 Å². The number of carbonyl (C=O) groups is 2. The number of anilines is 1. The third kappa shape index (κ3) is 4.68. The van der Waals surface area contributed by atoms with E-state index in [1.807, 2.05) is 0 Å². The maximum Gasteiger partial charge on any atom is 0.331 e. The number of esters is 1. The number of benzene rings is 3. The van der Waals surface area contributed by atoms with Crippen molar-refractivity contribution < 1.29 is 27.6 Å². The molecule has 0 heterocycles. The van der Waals surface area contributed by atoms with Crippen molar-refractivity contribution in [3.63, 3.8) is 0 Å². The number of amides is 1. The largest absolute Gasteiger partial charge is 0.467 e. The first-order valence-electron chi connectivity index (χ1n) is 10.2. The highest BCUT2D eigenvalue weighted by Crippen LogP contribution is 2.37. The van der Waals surface area contributed by atoms with E-state index in [0.717, 1.165) is 4.47 Å². The molecule has 0 spiro atoms. The topological polar surface area (TPSA) is 102 Å². The van der Waals surface area contributed by atoms with Gasteiger partial charge in [0.15, 0.2) is 5.75 Å². The molecule has 1 saturated carbocycles. The summed E-state index contributed by atoms with van der Waals surface area (Å²) in [6.45, 7) is 0. The van der Waals surface area contributed by atoms with Crippen LogP contribution in [0.15, 0.2) is 89.8 Å². The van der Waals surface area contributed by atoms with Crippen LogP contribution in [0.25, 0.3) is 0 Å². The molecule has 4 rings (SSSR count). The molecule has 0 aliphatic heterocycles. The lowest BCUT2D eigenvalue weighted by atomic mass is 10.2. The standard InChI is InChI=1S/C24H22N2O6S/c1-31-23(28)24(16-17-24)25-22(27)18-12-14-21(15-13-18)33(29,30)26(19-8-4-2-5-9-19)32-20-10-6-3-7-11-20/h2-15H,16-17H2,1H3,(H,25,27). The van der Waals surface area contributed by atoms with Gasteiger partial charge in [-0.15, -0.1) is 0 Å². The fourth-order valence-corrected chi connectivity index (χ4v) is 4.49. The predicted octanol–water partition coefficient (Wildman–Crippen LogP) is 3.31. The predicted molar refractivity (Wildman–Crippen MR) is 121 cm³/mol. The molecule has 1 aliphatic carbocycles. The Morgan fingerprint density at radius 1 is 0.879 bits per heavy atom. The summed E-state index contributed by atoms with van der Waals surface area (Å²) in [5, 5.41) is 2.68. The van der Waals surface area contributed by atoms with Crippen molar-refractivity contribution in [2.24, 2.45) is 0 Å². The van der Waals surface area contributed by atoms with Crippen LogP contribution in [0.3, 0.4) is 0 Å². The van der Waals surface area contributed by atoms with Crippen molar-refractivity contribution in [3.8, 4) is 5.75 Å². The Hall–Kier alpha value is -3.85. The SMILES string of the molecule is COC(=O)C1(NC(=O)c2ccc(S(=O)(=O)N(Oc3ccccc3)c3ccccc3)cc2)CC1. The average molecular weight is 467 g/mol. The lowest BCUT2D eigenvalue weighted by Crippen LogP contribution is -2.43. The molecule has 0 atom stereocenters. The molecule has 0 unspecified atom stereocenters. The minimum Gasteiger partial charge on any atom is -0.467 e. The normalized spacial score (nSPS) is 14.1. The average Bonchev–Trinajstić information content (AvgIpc) is 3.63. The fourth-order valence-electron chi connectivity index (χ4n) is 3.23. The summed E-state index contributed by atoms with van der Waals surface area (Å²) < 4.78 is 32.4. The Morgan fingerprint density at radius 3 is 2.00 bits per heavy atom. The number of hydrogen-bond acceptors (Lipinski definition) is 6. The van der Waals surface area contributed by atoms with Gasteiger partial charge in [-0.05, 0) is 61.4 Å². The molecule has 33 heavy (non-hydrogen) atoms. The number of nitrogens with zero attached hydrogens (tertiary/aromatic N) is 1. The molecule has 0 radical (unpaired) electrons. The zero-order valence-corrected chi connectivity index (χ0v) is 18.6. The smallest absolute Gasteiger partial charge is 0.331 e. The monoisotopic (exact) mass is 466 g/mol. The molecule has 8 nitrogen and oxygen atoms in total. The summed E-state index contributed by atoms with van der Waals surface area (Å²) in [6.07, 6.45) is 1.00. The molecule has 3 aromatic rings. The minimum absolute atomic E-state index is 0.0621. The van der Waals surface area contributed by atoms with Crippen molar-refractivity contribution in [1.82, 2.24) is 5.32 Å². The van der Waals surface area contributed by atoms with Gasteiger partial charge in [0.05, 0.1) is 17.7 Å². The lowest BCUT2D eigenvalue weighted by molar-refractivity contribution is -0.144. The van der Waals surface area contributed by atoms with E-state index in [1.165, 1.54) is 31.4 Å². The van der Waals surface area contributed by atoms with E-state index in [4.69, 9.17) is 9.57 Å². The number of hydrogen-bond donors (Lipinski definition) is 1. The minimum atomic E-state index is -4.13. The summed E-state index contributed by atoms with van der Waals surface area (Å²) in [5.74, 6) is -0.632. The molecule has 1 N–H and O–H groups in total. The van der Waals surface area contributed by atoms with Gasteiger partial charge in [-0.25, -0.2) is 4.79 Å². The van der Waals surface area contributed by atoms with Crippen LogP contribution in [0.4, 0.5) is 5.69 Å². The third-order valence-corrected chi connectivity index (χ3v) is 6.80. The maximum atomic E-state index is 13.4. The van der Waals surface area contributed by atoms with E-state index in [1.54, 1.807) is 60.7 Å². The van der Waals surface area contributed by atoms with E-state index in [9.17, 15) is 18.0 Å². The van der Waals surface area contributed by atoms with Crippen LogP contribution in [0.1, 0.15) is 23.2 Å². The molecule has 1 fully saturated rings. The molecule has 0 bridgehead atoms. The second-order valence-corrected chi connectivity index (χ2v) is 9.28. The van der Waals surface area contributed by atoms with E-state index in [-0.39, 0.29) is 10.5 Å². The van der Waals surface area contributed by atoms with Crippen molar-refractivity contribution in [3.05, 3.63) is 90.5 Å². The van der Waals surface area contributed by atoms with E-state index < -0.39 is 27.4 Å². The Balaban J connectivity index is 1.59. The number of rotatable bonds is 8. The fraction of sp³-hybridized carbons (Fsp3) is 0.167. The number of methoxy groups -OCH3 is 1. The van der Waals surface area contributed by atoms with E-state index >= 15 is 0 Å². The Kier molecular flexibility index (Phi) is 6.06. The quantitative estimate of drug-likeness (QED) is 0.404. The first-order chi connectivity index (χ1) is 15.9. The number of sulfonamides is 1. The molecular formula is C24H22N2O6S. The zero-order chi connectivity index (χ0) is 23.5.